The third-order valence-electron chi connectivity index (χ3n) is 6.26. The standard InChI is InChI=1S/C23H30N4O4S/c1-17-6-8-18(9-7-17)14-25-22(28)19-5-4-12-27(16-19)32(30,31)20-13-21(24-15-20)23(29)26-10-2-3-11-26/h6-9,13,15,19,24H,2-5,10-12,14,16H2,1H3,(H,25,28). The van der Waals surface area contributed by atoms with Gasteiger partial charge in [-0.2, -0.15) is 4.31 Å². The molecule has 2 N–H and O–H groups in total. The van der Waals surface area contributed by atoms with Crippen molar-refractivity contribution in [3.05, 3.63) is 53.3 Å². The molecule has 2 saturated heterocycles. The van der Waals surface area contributed by atoms with Crippen molar-refractivity contribution in [2.45, 2.75) is 44.0 Å². The fraction of sp³-hybridized carbons (Fsp3) is 0.478. The number of nitrogens with one attached hydrogen (secondary N) is 2. The Balaban J connectivity index is 1.39. The van der Waals surface area contributed by atoms with Crippen molar-refractivity contribution in [2.75, 3.05) is 26.2 Å². The molecule has 0 aliphatic carbocycles. The zero-order chi connectivity index (χ0) is 22.7. The molecule has 2 aliphatic heterocycles. The lowest BCUT2D eigenvalue weighted by Gasteiger charge is -2.31. The fourth-order valence-corrected chi connectivity index (χ4v) is 5.82. The van der Waals surface area contributed by atoms with Crippen molar-refractivity contribution in [3.8, 4) is 0 Å². The fourth-order valence-electron chi connectivity index (χ4n) is 4.30. The van der Waals surface area contributed by atoms with Crippen LogP contribution in [0.3, 0.4) is 0 Å². The van der Waals surface area contributed by atoms with Crippen LogP contribution in [0.15, 0.2) is 41.4 Å². The highest BCUT2D eigenvalue weighted by Gasteiger charge is 2.34. The van der Waals surface area contributed by atoms with E-state index in [9.17, 15) is 18.0 Å². The summed E-state index contributed by atoms with van der Waals surface area (Å²) in [6.07, 6.45) is 4.58. The van der Waals surface area contributed by atoms with Gasteiger partial charge in [-0.1, -0.05) is 29.8 Å². The number of hydrogen-bond donors (Lipinski definition) is 2. The van der Waals surface area contributed by atoms with E-state index in [2.05, 4.69) is 10.3 Å². The van der Waals surface area contributed by atoms with Crippen LogP contribution in [-0.2, 0) is 21.4 Å². The van der Waals surface area contributed by atoms with Gasteiger partial charge in [-0.05, 0) is 44.2 Å². The number of piperidine rings is 1. The second kappa shape index (κ2) is 9.46. The first-order valence-corrected chi connectivity index (χ1v) is 12.6. The van der Waals surface area contributed by atoms with Gasteiger partial charge in [0.2, 0.25) is 15.9 Å². The monoisotopic (exact) mass is 458 g/mol. The molecule has 9 heteroatoms. The first-order chi connectivity index (χ1) is 15.3. The minimum atomic E-state index is -3.79. The highest BCUT2D eigenvalue weighted by Crippen LogP contribution is 2.25. The van der Waals surface area contributed by atoms with Gasteiger partial charge in [0.05, 0.1) is 5.92 Å². The quantitative estimate of drug-likeness (QED) is 0.693. The number of aryl methyl sites for hydroxylation is 1. The number of benzene rings is 1. The predicted molar refractivity (Wildman–Crippen MR) is 120 cm³/mol. The van der Waals surface area contributed by atoms with Crippen LogP contribution in [0.1, 0.15) is 47.3 Å². The van der Waals surface area contributed by atoms with Gasteiger partial charge >= 0.3 is 0 Å². The summed E-state index contributed by atoms with van der Waals surface area (Å²) in [5.74, 6) is -0.700. The zero-order valence-corrected chi connectivity index (χ0v) is 19.2. The predicted octanol–water partition coefficient (Wildman–Crippen LogP) is 2.28. The molecule has 0 saturated carbocycles. The highest BCUT2D eigenvalue weighted by molar-refractivity contribution is 7.89. The Hall–Kier alpha value is -2.65. The lowest BCUT2D eigenvalue weighted by atomic mass is 9.98. The topological polar surface area (TPSA) is 103 Å². The third kappa shape index (κ3) is 4.88. The van der Waals surface area contributed by atoms with Crippen molar-refractivity contribution in [1.29, 1.82) is 0 Å². The van der Waals surface area contributed by atoms with Gasteiger partial charge in [-0.3, -0.25) is 9.59 Å². The number of rotatable bonds is 6. The Labute approximate surface area is 189 Å². The molecular weight excluding hydrogens is 428 g/mol. The lowest BCUT2D eigenvalue weighted by molar-refractivity contribution is -0.126. The highest BCUT2D eigenvalue weighted by atomic mass is 32.2. The van der Waals surface area contributed by atoms with E-state index < -0.39 is 15.9 Å². The molecule has 1 aromatic carbocycles. The second-order valence-corrected chi connectivity index (χ2v) is 10.6. The summed E-state index contributed by atoms with van der Waals surface area (Å²) in [4.78, 5) is 29.9. The van der Waals surface area contributed by atoms with Crippen LogP contribution < -0.4 is 5.32 Å². The van der Waals surface area contributed by atoms with Crippen LogP contribution >= 0.6 is 0 Å². The maximum absolute atomic E-state index is 13.2. The van der Waals surface area contributed by atoms with Crippen LogP contribution in [0.2, 0.25) is 0 Å². The molecule has 4 rings (SSSR count). The number of aromatic amines is 1. The third-order valence-corrected chi connectivity index (χ3v) is 8.10. The molecular formula is C23H30N4O4S. The molecule has 8 nitrogen and oxygen atoms in total. The van der Waals surface area contributed by atoms with Gasteiger partial charge in [0.25, 0.3) is 5.91 Å². The molecule has 172 valence electrons. The van der Waals surface area contributed by atoms with Gasteiger partial charge in [0.1, 0.15) is 10.6 Å². The van der Waals surface area contributed by atoms with E-state index in [1.807, 2.05) is 31.2 Å². The van der Waals surface area contributed by atoms with Crippen molar-refractivity contribution < 1.29 is 18.0 Å². The number of carbonyl (C=O) groups is 2. The average Bonchev–Trinajstić information content (AvgIpc) is 3.51. The van der Waals surface area contributed by atoms with Gasteiger partial charge in [-0.25, -0.2) is 8.42 Å². The summed E-state index contributed by atoms with van der Waals surface area (Å²) >= 11 is 0. The Morgan fingerprint density at radius 2 is 1.81 bits per heavy atom. The first kappa shape index (κ1) is 22.5. The molecule has 2 aromatic rings. The molecule has 1 atom stereocenters. The van der Waals surface area contributed by atoms with Crippen LogP contribution in [-0.4, -0.2) is 60.6 Å². The molecule has 1 aromatic heterocycles. The normalized spacial score (nSPS) is 19.8. The molecule has 0 radical (unpaired) electrons. The second-order valence-electron chi connectivity index (χ2n) is 8.65. The number of nitrogens with zero attached hydrogens (tertiary/aromatic N) is 2. The average molecular weight is 459 g/mol. The molecule has 0 bridgehead atoms. The number of amides is 2. The largest absolute Gasteiger partial charge is 0.356 e. The number of likely N-dealkylation sites (tertiary alicyclic amines) is 1. The maximum atomic E-state index is 13.2. The van der Waals surface area contributed by atoms with E-state index in [0.29, 0.717) is 39.0 Å². The SMILES string of the molecule is Cc1ccc(CNC(=O)C2CCCN(S(=O)(=O)c3c[nH]c(C(=O)N4CCCC4)c3)C2)cc1. The van der Waals surface area contributed by atoms with Crippen LogP contribution in [0, 0.1) is 12.8 Å². The summed E-state index contributed by atoms with van der Waals surface area (Å²) in [5.41, 5.74) is 2.45. The van der Waals surface area contributed by atoms with Crippen LogP contribution in [0.25, 0.3) is 0 Å². The van der Waals surface area contributed by atoms with Crippen molar-refractivity contribution >= 4 is 21.8 Å². The molecule has 2 amide bonds. The smallest absolute Gasteiger partial charge is 0.270 e. The van der Waals surface area contributed by atoms with Crippen LogP contribution in [0.4, 0.5) is 0 Å². The Morgan fingerprint density at radius 3 is 2.53 bits per heavy atom. The Kier molecular flexibility index (Phi) is 6.66. The summed E-state index contributed by atoms with van der Waals surface area (Å²) < 4.78 is 27.7. The maximum Gasteiger partial charge on any atom is 0.270 e. The number of hydrogen-bond acceptors (Lipinski definition) is 4. The van der Waals surface area contributed by atoms with Gasteiger partial charge < -0.3 is 15.2 Å². The molecule has 0 spiro atoms. The summed E-state index contributed by atoms with van der Waals surface area (Å²) in [6, 6.07) is 9.35. The lowest BCUT2D eigenvalue weighted by Crippen LogP contribution is -2.45. The zero-order valence-electron chi connectivity index (χ0n) is 18.3. The number of aromatic nitrogens is 1. The van der Waals surface area contributed by atoms with Gasteiger partial charge in [0, 0.05) is 38.9 Å². The number of carbonyl (C=O) groups excluding carboxylic acids is 2. The van der Waals surface area contributed by atoms with Crippen molar-refractivity contribution in [1.82, 2.24) is 19.5 Å². The molecule has 3 heterocycles. The van der Waals surface area contributed by atoms with E-state index in [1.165, 1.54) is 16.6 Å². The minimum absolute atomic E-state index is 0.0701. The summed E-state index contributed by atoms with van der Waals surface area (Å²) in [7, 11) is -3.79. The van der Waals surface area contributed by atoms with E-state index >= 15 is 0 Å². The molecule has 2 fully saturated rings. The van der Waals surface area contributed by atoms with E-state index in [-0.39, 0.29) is 28.9 Å². The van der Waals surface area contributed by atoms with Gasteiger partial charge in [-0.15, -0.1) is 0 Å². The summed E-state index contributed by atoms with van der Waals surface area (Å²) in [6.45, 7) is 4.33. The van der Waals surface area contributed by atoms with Crippen molar-refractivity contribution in [3.63, 3.8) is 0 Å². The minimum Gasteiger partial charge on any atom is -0.356 e. The van der Waals surface area contributed by atoms with Gasteiger partial charge in [0.15, 0.2) is 0 Å². The Morgan fingerprint density at radius 1 is 1.09 bits per heavy atom. The molecule has 1 unspecified atom stereocenters. The van der Waals surface area contributed by atoms with E-state index in [4.69, 9.17) is 0 Å². The van der Waals surface area contributed by atoms with Crippen LogP contribution in [0.5, 0.6) is 0 Å². The number of sulfonamides is 1. The molecule has 32 heavy (non-hydrogen) atoms. The number of H-pyrrole nitrogens is 1. The van der Waals surface area contributed by atoms with Crippen molar-refractivity contribution in [2.24, 2.45) is 5.92 Å². The molecule has 2 aliphatic rings. The van der Waals surface area contributed by atoms with E-state index in [1.54, 1.807) is 4.90 Å². The Bertz CT molecular complexity index is 1070. The summed E-state index contributed by atoms with van der Waals surface area (Å²) in [5, 5.41) is 2.93. The first-order valence-electron chi connectivity index (χ1n) is 11.2. The van der Waals surface area contributed by atoms with E-state index in [0.717, 1.165) is 24.0 Å².